The second-order valence-electron chi connectivity index (χ2n) is 3.78. The molecule has 0 aliphatic rings. The van der Waals surface area contributed by atoms with Gasteiger partial charge in [0, 0.05) is 5.39 Å². The van der Waals surface area contributed by atoms with Crippen LogP contribution in [0.1, 0.15) is 12.1 Å². The van der Waals surface area contributed by atoms with Crippen LogP contribution in [0.3, 0.4) is 0 Å². The molecule has 7 heteroatoms. The molecule has 17 heavy (non-hydrogen) atoms. The van der Waals surface area contributed by atoms with E-state index in [1.165, 1.54) is 4.68 Å². The maximum atomic E-state index is 12.1. The van der Waals surface area contributed by atoms with E-state index in [1.807, 2.05) is 0 Å². The van der Waals surface area contributed by atoms with E-state index in [0.717, 1.165) is 5.39 Å². The number of nitrogens with two attached hydrogens (primary N) is 1. The van der Waals surface area contributed by atoms with Crippen molar-refractivity contribution in [3.63, 3.8) is 0 Å². The number of rotatable bonds is 2. The fourth-order valence-electron chi connectivity index (χ4n) is 1.61. The minimum Gasteiger partial charge on any atom is -0.384 e. The highest BCUT2D eigenvalue weighted by molar-refractivity contribution is 5.79. The molecule has 2 heterocycles. The standard InChI is InChI=1S/C10H11F3N4/c1-6-7-2-3-8(14)15-9(7)17(16-6)5-4-10(11,12)13/h2-3H,4-5H2,1H3,(H2,14,15). The predicted molar refractivity (Wildman–Crippen MR) is 57.3 cm³/mol. The number of aromatic nitrogens is 3. The summed E-state index contributed by atoms with van der Waals surface area (Å²) in [7, 11) is 0. The van der Waals surface area contributed by atoms with Crippen molar-refractivity contribution >= 4 is 16.9 Å². The van der Waals surface area contributed by atoms with Gasteiger partial charge in [0.05, 0.1) is 18.7 Å². The van der Waals surface area contributed by atoms with Gasteiger partial charge in [0.1, 0.15) is 5.82 Å². The number of fused-ring (bicyclic) bond motifs is 1. The van der Waals surface area contributed by atoms with Crippen LogP contribution in [0.25, 0.3) is 11.0 Å². The molecule has 0 unspecified atom stereocenters. The van der Waals surface area contributed by atoms with Crippen LogP contribution in [0.15, 0.2) is 12.1 Å². The SMILES string of the molecule is Cc1nn(CCC(F)(F)F)c2nc(N)ccc12. The number of pyridine rings is 1. The van der Waals surface area contributed by atoms with E-state index < -0.39 is 12.6 Å². The highest BCUT2D eigenvalue weighted by atomic mass is 19.4. The summed E-state index contributed by atoms with van der Waals surface area (Å²) in [5.41, 5.74) is 6.55. The summed E-state index contributed by atoms with van der Waals surface area (Å²) >= 11 is 0. The molecule has 0 amide bonds. The van der Waals surface area contributed by atoms with Gasteiger partial charge in [-0.3, -0.25) is 0 Å². The van der Waals surface area contributed by atoms with Gasteiger partial charge in [0.25, 0.3) is 0 Å². The largest absolute Gasteiger partial charge is 0.390 e. The van der Waals surface area contributed by atoms with Crippen molar-refractivity contribution in [3.05, 3.63) is 17.8 Å². The maximum absolute atomic E-state index is 12.1. The van der Waals surface area contributed by atoms with Gasteiger partial charge in [-0.2, -0.15) is 18.3 Å². The van der Waals surface area contributed by atoms with Crippen molar-refractivity contribution in [2.24, 2.45) is 0 Å². The third-order valence-corrected chi connectivity index (χ3v) is 2.41. The lowest BCUT2D eigenvalue weighted by Crippen LogP contribution is -2.13. The monoisotopic (exact) mass is 244 g/mol. The quantitative estimate of drug-likeness (QED) is 0.881. The van der Waals surface area contributed by atoms with E-state index in [-0.39, 0.29) is 12.4 Å². The maximum Gasteiger partial charge on any atom is 0.390 e. The van der Waals surface area contributed by atoms with Crippen molar-refractivity contribution in [2.75, 3.05) is 5.73 Å². The third-order valence-electron chi connectivity index (χ3n) is 2.41. The summed E-state index contributed by atoms with van der Waals surface area (Å²) in [4.78, 5) is 4.01. The van der Waals surface area contributed by atoms with Gasteiger partial charge in [-0.05, 0) is 19.1 Å². The number of aryl methyl sites for hydroxylation is 2. The van der Waals surface area contributed by atoms with Gasteiger partial charge in [0.15, 0.2) is 5.65 Å². The number of hydrogen-bond acceptors (Lipinski definition) is 3. The normalized spacial score (nSPS) is 12.2. The summed E-state index contributed by atoms with van der Waals surface area (Å²) in [5, 5.41) is 4.76. The smallest absolute Gasteiger partial charge is 0.384 e. The van der Waals surface area contributed by atoms with Gasteiger partial charge in [-0.15, -0.1) is 0 Å². The highest BCUT2D eigenvalue weighted by Crippen LogP contribution is 2.23. The van der Waals surface area contributed by atoms with Crippen LogP contribution >= 0.6 is 0 Å². The van der Waals surface area contributed by atoms with E-state index in [2.05, 4.69) is 10.1 Å². The minimum absolute atomic E-state index is 0.246. The van der Waals surface area contributed by atoms with Crippen molar-refractivity contribution in [3.8, 4) is 0 Å². The van der Waals surface area contributed by atoms with Crippen molar-refractivity contribution in [2.45, 2.75) is 26.1 Å². The summed E-state index contributed by atoms with van der Waals surface area (Å²) in [6.45, 7) is 1.48. The Bertz CT molecular complexity index is 544. The first kappa shape index (κ1) is 11.7. The van der Waals surface area contributed by atoms with Crippen LogP contribution in [0.4, 0.5) is 19.0 Å². The molecular weight excluding hydrogens is 233 g/mol. The lowest BCUT2D eigenvalue weighted by atomic mass is 10.3. The zero-order valence-corrected chi connectivity index (χ0v) is 9.12. The molecule has 0 atom stereocenters. The summed E-state index contributed by atoms with van der Waals surface area (Å²) in [5.74, 6) is 0.269. The van der Waals surface area contributed by atoms with E-state index in [4.69, 9.17) is 5.73 Å². The van der Waals surface area contributed by atoms with Crippen molar-refractivity contribution < 1.29 is 13.2 Å². The molecule has 2 N–H and O–H groups in total. The van der Waals surface area contributed by atoms with E-state index >= 15 is 0 Å². The first-order chi connectivity index (χ1) is 7.87. The Hall–Kier alpha value is -1.79. The molecule has 0 aromatic carbocycles. The topological polar surface area (TPSA) is 56.7 Å². The lowest BCUT2D eigenvalue weighted by molar-refractivity contribution is -0.137. The average molecular weight is 244 g/mol. The first-order valence-corrected chi connectivity index (χ1v) is 5.03. The van der Waals surface area contributed by atoms with E-state index in [0.29, 0.717) is 11.3 Å². The zero-order valence-electron chi connectivity index (χ0n) is 9.12. The van der Waals surface area contributed by atoms with Crippen LogP contribution in [0.2, 0.25) is 0 Å². The molecule has 0 spiro atoms. The van der Waals surface area contributed by atoms with Crippen molar-refractivity contribution in [1.82, 2.24) is 14.8 Å². The van der Waals surface area contributed by atoms with E-state index in [9.17, 15) is 13.2 Å². The number of anilines is 1. The number of alkyl halides is 3. The Morgan fingerprint density at radius 3 is 2.71 bits per heavy atom. The van der Waals surface area contributed by atoms with Gasteiger partial charge in [0.2, 0.25) is 0 Å². The molecule has 0 saturated carbocycles. The van der Waals surface area contributed by atoms with Gasteiger partial charge in [-0.25, -0.2) is 9.67 Å². The molecule has 4 nitrogen and oxygen atoms in total. The second kappa shape index (κ2) is 3.90. The zero-order chi connectivity index (χ0) is 12.6. The highest BCUT2D eigenvalue weighted by Gasteiger charge is 2.27. The Balaban J connectivity index is 2.37. The lowest BCUT2D eigenvalue weighted by Gasteiger charge is -2.06. The van der Waals surface area contributed by atoms with Crippen LogP contribution in [0, 0.1) is 6.92 Å². The Morgan fingerprint density at radius 2 is 2.06 bits per heavy atom. The molecule has 0 saturated heterocycles. The third kappa shape index (κ3) is 2.48. The van der Waals surface area contributed by atoms with Crippen LogP contribution in [-0.4, -0.2) is 20.9 Å². The number of nitrogens with zero attached hydrogens (tertiary/aromatic N) is 3. The molecule has 92 valence electrons. The van der Waals surface area contributed by atoms with Gasteiger partial charge < -0.3 is 5.73 Å². The molecular formula is C10H11F3N4. The number of hydrogen-bond donors (Lipinski definition) is 1. The fraction of sp³-hybridized carbons (Fsp3) is 0.400. The second-order valence-corrected chi connectivity index (χ2v) is 3.78. The molecule has 0 radical (unpaired) electrons. The predicted octanol–water partition coefficient (Wildman–Crippen LogP) is 2.27. The first-order valence-electron chi connectivity index (χ1n) is 5.03. The summed E-state index contributed by atoms with van der Waals surface area (Å²) < 4.78 is 37.7. The number of nitrogen functional groups attached to an aromatic ring is 1. The van der Waals surface area contributed by atoms with Gasteiger partial charge in [-0.1, -0.05) is 0 Å². The minimum atomic E-state index is -4.20. The van der Waals surface area contributed by atoms with Gasteiger partial charge >= 0.3 is 6.18 Å². The fourth-order valence-corrected chi connectivity index (χ4v) is 1.61. The number of halogens is 3. The average Bonchev–Trinajstić information content (AvgIpc) is 2.51. The molecule has 2 aromatic heterocycles. The Kier molecular flexibility index (Phi) is 2.68. The molecule has 0 aliphatic carbocycles. The van der Waals surface area contributed by atoms with Crippen LogP contribution in [-0.2, 0) is 6.54 Å². The molecule has 2 aromatic rings. The summed E-state index contributed by atoms with van der Waals surface area (Å²) in [6, 6.07) is 3.31. The van der Waals surface area contributed by atoms with Crippen LogP contribution in [0.5, 0.6) is 0 Å². The molecule has 0 aliphatic heterocycles. The van der Waals surface area contributed by atoms with Crippen LogP contribution < -0.4 is 5.73 Å². The van der Waals surface area contributed by atoms with E-state index in [1.54, 1.807) is 19.1 Å². The Labute approximate surface area is 95.2 Å². The summed E-state index contributed by atoms with van der Waals surface area (Å²) in [6.07, 6.45) is -5.13. The molecule has 2 rings (SSSR count). The molecule has 0 bridgehead atoms. The Morgan fingerprint density at radius 1 is 1.35 bits per heavy atom. The molecule has 0 fully saturated rings. The van der Waals surface area contributed by atoms with Crippen molar-refractivity contribution in [1.29, 1.82) is 0 Å².